The Kier molecular flexibility index (Phi) is 9.52. The minimum atomic E-state index is -0.491. The van der Waals surface area contributed by atoms with E-state index in [1.165, 1.54) is 39.0 Å². The molecule has 7 rings (SSSR count). The molecule has 9 nitrogen and oxygen atoms in total. The van der Waals surface area contributed by atoms with Gasteiger partial charge in [-0.2, -0.15) is 5.10 Å². The van der Waals surface area contributed by atoms with Gasteiger partial charge in [0, 0.05) is 36.3 Å². The van der Waals surface area contributed by atoms with E-state index in [9.17, 15) is 14.4 Å². The number of nitrogens with zero attached hydrogens (tertiary/aromatic N) is 6. The maximum absolute atomic E-state index is 14.5. The molecule has 1 aliphatic carbocycles. The lowest BCUT2D eigenvalue weighted by Crippen LogP contribution is -2.45. The van der Waals surface area contributed by atoms with Gasteiger partial charge in [-0.1, -0.05) is 51.0 Å². The van der Waals surface area contributed by atoms with Crippen molar-refractivity contribution in [2.45, 2.75) is 123 Å². The summed E-state index contributed by atoms with van der Waals surface area (Å²) in [5, 5.41) is 5.56. The first-order chi connectivity index (χ1) is 23.6. The molecule has 0 unspecified atom stereocenters. The highest BCUT2D eigenvalue weighted by atomic mass is 79.9. The molecule has 10 heteroatoms. The summed E-state index contributed by atoms with van der Waals surface area (Å²) >= 11 is 3.46. The molecular weight excluding hydrogens is 680 g/mol. The molecule has 1 aromatic carbocycles. The van der Waals surface area contributed by atoms with Crippen molar-refractivity contribution in [3.8, 4) is 11.1 Å². The maximum atomic E-state index is 14.5. The average molecular weight is 726 g/mol. The zero-order chi connectivity index (χ0) is 34.3. The molecule has 3 aromatic heterocycles. The van der Waals surface area contributed by atoms with E-state index in [0.29, 0.717) is 22.5 Å². The Morgan fingerprint density at radius 1 is 0.939 bits per heavy atom. The lowest BCUT2D eigenvalue weighted by atomic mass is 9.90. The second-order valence-corrected chi connectivity index (χ2v) is 15.4. The minimum Gasteiger partial charge on any atom is -0.327 e. The van der Waals surface area contributed by atoms with Crippen LogP contribution in [0.1, 0.15) is 111 Å². The number of aromatic nitrogens is 5. The van der Waals surface area contributed by atoms with Crippen molar-refractivity contribution in [1.29, 1.82) is 0 Å². The second-order valence-electron chi connectivity index (χ2n) is 14.6. The molecule has 1 saturated heterocycles. The smallest absolute Gasteiger partial charge is 0.245 e. The van der Waals surface area contributed by atoms with Crippen LogP contribution in [0.5, 0.6) is 0 Å². The number of hydrogen-bond donors (Lipinski definition) is 0. The molecule has 0 radical (unpaired) electrons. The SMILES string of the molecule is CC(=O)c1nn2c3c(cc(-c4cnc(C)nc4)cc13)CCCCCCCCCC[C@@]13C[C@@H](C(=O)Cc4nc(Br)ccc4C)N(C(=O)C2)[C@@H]1C3. The highest BCUT2D eigenvalue weighted by molar-refractivity contribution is 9.10. The first kappa shape index (κ1) is 33.7. The van der Waals surface area contributed by atoms with Crippen LogP contribution in [0, 0.1) is 19.3 Å². The van der Waals surface area contributed by atoms with Crippen LogP contribution in [-0.2, 0) is 29.0 Å². The van der Waals surface area contributed by atoms with E-state index in [1.807, 2.05) is 49.3 Å². The fourth-order valence-electron chi connectivity index (χ4n) is 8.37. The first-order valence-corrected chi connectivity index (χ1v) is 18.7. The van der Waals surface area contributed by atoms with E-state index in [-0.39, 0.29) is 41.9 Å². The quantitative estimate of drug-likeness (QED) is 0.153. The number of Topliss-reactive ketones (excluding diaryl/α,β-unsaturated/α-hetero) is 2. The molecular formula is C39H45BrN6O3. The molecule has 49 heavy (non-hydrogen) atoms. The molecule has 3 atom stereocenters. The van der Waals surface area contributed by atoms with Gasteiger partial charge in [0.2, 0.25) is 5.91 Å². The van der Waals surface area contributed by atoms with Gasteiger partial charge >= 0.3 is 0 Å². The van der Waals surface area contributed by atoms with E-state index in [2.05, 4.69) is 36.9 Å². The monoisotopic (exact) mass is 724 g/mol. The Balaban J connectivity index is 1.27. The zero-order valence-electron chi connectivity index (χ0n) is 28.8. The molecule has 5 heterocycles. The lowest BCUT2D eigenvalue weighted by molar-refractivity contribution is -0.139. The number of carbonyl (C=O) groups is 3. The molecule has 1 saturated carbocycles. The summed E-state index contributed by atoms with van der Waals surface area (Å²) in [6.07, 6.45) is 16.7. The van der Waals surface area contributed by atoms with E-state index in [4.69, 9.17) is 5.10 Å². The largest absolute Gasteiger partial charge is 0.327 e. The molecule has 1 amide bonds. The molecule has 2 bridgehead atoms. The molecule has 4 aromatic rings. The highest BCUT2D eigenvalue weighted by Gasteiger charge is 2.66. The maximum Gasteiger partial charge on any atom is 0.245 e. The Hall–Kier alpha value is -3.79. The minimum absolute atomic E-state index is 0.00800. The van der Waals surface area contributed by atoms with Gasteiger partial charge in [0.15, 0.2) is 11.6 Å². The predicted molar refractivity (Wildman–Crippen MR) is 192 cm³/mol. The van der Waals surface area contributed by atoms with Crippen LogP contribution in [0.2, 0.25) is 0 Å². The van der Waals surface area contributed by atoms with E-state index >= 15 is 0 Å². The summed E-state index contributed by atoms with van der Waals surface area (Å²) in [5.41, 5.74) is 5.78. The fourth-order valence-corrected chi connectivity index (χ4v) is 8.72. The van der Waals surface area contributed by atoms with Crippen LogP contribution in [0.3, 0.4) is 0 Å². The van der Waals surface area contributed by atoms with Crippen molar-refractivity contribution in [2.24, 2.45) is 5.41 Å². The van der Waals surface area contributed by atoms with Crippen LogP contribution in [-0.4, -0.2) is 59.2 Å². The Morgan fingerprint density at radius 2 is 1.65 bits per heavy atom. The van der Waals surface area contributed by atoms with Gasteiger partial charge in [0.05, 0.1) is 23.7 Å². The van der Waals surface area contributed by atoms with Gasteiger partial charge in [-0.15, -0.1) is 0 Å². The van der Waals surface area contributed by atoms with Gasteiger partial charge in [0.25, 0.3) is 0 Å². The number of ketones is 2. The molecule has 3 aliphatic rings. The summed E-state index contributed by atoms with van der Waals surface area (Å²) in [7, 11) is 0. The molecule has 2 fully saturated rings. The van der Waals surface area contributed by atoms with Crippen molar-refractivity contribution in [3.05, 3.63) is 69.6 Å². The van der Waals surface area contributed by atoms with E-state index in [1.54, 1.807) is 4.68 Å². The van der Waals surface area contributed by atoms with Crippen LogP contribution in [0.15, 0.2) is 41.3 Å². The summed E-state index contributed by atoms with van der Waals surface area (Å²) in [5.74, 6) is 0.483. The number of benzene rings is 1. The third kappa shape index (κ3) is 6.85. The van der Waals surface area contributed by atoms with Crippen molar-refractivity contribution in [3.63, 3.8) is 0 Å². The van der Waals surface area contributed by atoms with Gasteiger partial charge in [-0.05, 0) is 102 Å². The van der Waals surface area contributed by atoms with Crippen LogP contribution >= 0.6 is 15.9 Å². The predicted octanol–water partition coefficient (Wildman–Crippen LogP) is 7.71. The van der Waals surface area contributed by atoms with Gasteiger partial charge in [0.1, 0.15) is 22.7 Å². The third-order valence-corrected chi connectivity index (χ3v) is 11.6. The summed E-state index contributed by atoms with van der Waals surface area (Å²) in [6, 6.07) is 7.57. The Labute approximate surface area is 296 Å². The molecule has 256 valence electrons. The number of hydrogen-bond acceptors (Lipinski definition) is 7. The molecule has 0 spiro atoms. The van der Waals surface area contributed by atoms with Crippen LogP contribution < -0.4 is 0 Å². The number of pyridine rings is 1. The topological polar surface area (TPSA) is 111 Å². The fraction of sp³-hybridized carbons (Fsp3) is 0.513. The lowest BCUT2D eigenvalue weighted by Gasteiger charge is -2.27. The summed E-state index contributed by atoms with van der Waals surface area (Å²) in [4.78, 5) is 57.0. The van der Waals surface area contributed by atoms with E-state index in [0.717, 1.165) is 77.4 Å². The number of rotatable bonds is 5. The van der Waals surface area contributed by atoms with Crippen LogP contribution in [0.25, 0.3) is 22.0 Å². The van der Waals surface area contributed by atoms with Crippen molar-refractivity contribution in [2.75, 3.05) is 0 Å². The number of aryl methyl sites for hydroxylation is 3. The number of carbonyl (C=O) groups excluding carboxylic acids is 3. The summed E-state index contributed by atoms with van der Waals surface area (Å²) in [6.45, 7) is 5.34. The van der Waals surface area contributed by atoms with Gasteiger partial charge in [-0.3, -0.25) is 19.1 Å². The Morgan fingerprint density at radius 3 is 2.39 bits per heavy atom. The Bertz CT molecular complexity index is 1920. The zero-order valence-corrected chi connectivity index (χ0v) is 30.4. The van der Waals surface area contributed by atoms with Crippen LogP contribution in [0.4, 0.5) is 0 Å². The average Bonchev–Trinajstić information content (AvgIpc) is 3.48. The van der Waals surface area contributed by atoms with Crippen molar-refractivity contribution < 1.29 is 14.4 Å². The number of piperidine rings is 1. The highest BCUT2D eigenvalue weighted by Crippen LogP contribution is 2.62. The normalized spacial score (nSPS) is 23.2. The van der Waals surface area contributed by atoms with Crippen molar-refractivity contribution >= 4 is 44.3 Å². The number of amides is 1. The van der Waals surface area contributed by atoms with E-state index < -0.39 is 6.04 Å². The summed E-state index contributed by atoms with van der Waals surface area (Å²) < 4.78 is 2.44. The number of halogens is 1. The first-order valence-electron chi connectivity index (χ1n) is 17.9. The molecule has 0 N–H and O–H groups in total. The van der Waals surface area contributed by atoms with Gasteiger partial charge in [-0.25, -0.2) is 15.0 Å². The third-order valence-electron chi connectivity index (χ3n) is 11.1. The standard InChI is InChI=1S/C39H45BrN6O3/c1-24-13-14-35(40)43-31(24)18-33(48)32-19-39-15-11-9-7-5-4-6-8-10-12-27-16-28(29-21-41-26(3)42-22-29)17-30-37(25(2)47)44-45(38(27)30)23-36(49)46(32)34(39)20-39/h13-14,16-17,21-22,32,34H,4-12,15,18-20,23H2,1-3H3/t32-,34+,39-/m0/s1. The van der Waals surface area contributed by atoms with Crippen molar-refractivity contribution in [1.82, 2.24) is 29.6 Å². The second kappa shape index (κ2) is 13.8. The van der Waals surface area contributed by atoms with Gasteiger partial charge < -0.3 is 4.90 Å². The molecule has 2 aliphatic heterocycles.